The van der Waals surface area contributed by atoms with Crippen molar-refractivity contribution in [3.8, 4) is 0 Å². The summed E-state index contributed by atoms with van der Waals surface area (Å²) in [6.45, 7) is 12.6. The van der Waals surface area contributed by atoms with Crippen LogP contribution in [0.15, 0.2) is 17.9 Å². The van der Waals surface area contributed by atoms with E-state index in [1.807, 2.05) is 6.92 Å². The highest BCUT2D eigenvalue weighted by Gasteiger charge is 2.16. The molecule has 0 aliphatic rings. The van der Waals surface area contributed by atoms with Gasteiger partial charge in [0, 0.05) is 14.5 Å². The molecule has 1 nitrogen and oxygen atoms in total. The summed E-state index contributed by atoms with van der Waals surface area (Å²) in [5.41, 5.74) is 4.17. The molecule has 1 unspecified atom stereocenters. The average Bonchev–Trinajstić information content (AvgIpc) is 2.00. The van der Waals surface area contributed by atoms with Crippen molar-refractivity contribution in [1.82, 2.24) is 0 Å². The number of hydrogen-bond donors (Lipinski definition) is 1. The van der Waals surface area contributed by atoms with Crippen LogP contribution < -0.4 is 0 Å². The maximum atomic E-state index is 9.48. The predicted molar refractivity (Wildman–Crippen MR) is 61.7 cm³/mol. The summed E-state index contributed by atoms with van der Waals surface area (Å²) >= 11 is 0. The molecule has 0 spiro atoms. The van der Waals surface area contributed by atoms with Gasteiger partial charge in [-0.1, -0.05) is 33.1 Å². The van der Waals surface area contributed by atoms with Crippen LogP contribution in [0.1, 0.15) is 19.8 Å². The normalized spacial score (nSPS) is 13.6. The Morgan fingerprint density at radius 3 is 2.31 bits per heavy atom. The van der Waals surface area contributed by atoms with Gasteiger partial charge in [-0.2, -0.15) is 0 Å². The van der Waals surface area contributed by atoms with E-state index < -0.39 is 8.07 Å². The van der Waals surface area contributed by atoms with Crippen molar-refractivity contribution in [3.63, 3.8) is 0 Å². The second kappa shape index (κ2) is 5.43. The highest BCUT2D eigenvalue weighted by atomic mass is 28.3. The molecule has 0 radical (unpaired) electrons. The summed E-state index contributed by atoms with van der Waals surface area (Å²) in [6.07, 6.45) is 1.36. The van der Waals surface area contributed by atoms with E-state index in [2.05, 4.69) is 32.0 Å². The fraction of sp³-hybridized carbons (Fsp3) is 0.727. The zero-order valence-corrected chi connectivity index (χ0v) is 10.4. The van der Waals surface area contributed by atoms with E-state index in [-0.39, 0.29) is 6.10 Å². The van der Waals surface area contributed by atoms with Crippen LogP contribution in [-0.4, -0.2) is 19.3 Å². The molecule has 0 aliphatic heterocycles. The van der Waals surface area contributed by atoms with Crippen molar-refractivity contribution < 1.29 is 5.11 Å². The SMILES string of the molecule is C=C=C(CC(O)CC)C[Si](C)(C)C. The van der Waals surface area contributed by atoms with Gasteiger partial charge in [-0.05, 0) is 18.0 Å². The molecular formula is C11H22OSi. The molecular weight excluding hydrogens is 176 g/mol. The Kier molecular flexibility index (Phi) is 5.31. The Balaban J connectivity index is 4.15. The molecule has 0 aromatic carbocycles. The van der Waals surface area contributed by atoms with Crippen molar-refractivity contribution >= 4 is 8.07 Å². The summed E-state index contributed by atoms with van der Waals surface area (Å²) in [7, 11) is -1.07. The first-order valence-corrected chi connectivity index (χ1v) is 8.65. The maximum absolute atomic E-state index is 9.48. The molecule has 0 bridgehead atoms. The van der Waals surface area contributed by atoms with Crippen molar-refractivity contribution in [2.45, 2.75) is 51.6 Å². The van der Waals surface area contributed by atoms with Crippen LogP contribution >= 0.6 is 0 Å². The molecule has 0 fully saturated rings. The Morgan fingerprint density at radius 1 is 1.46 bits per heavy atom. The van der Waals surface area contributed by atoms with Crippen molar-refractivity contribution in [2.24, 2.45) is 0 Å². The summed E-state index contributed by atoms with van der Waals surface area (Å²) in [6, 6.07) is 1.10. The Labute approximate surface area is 83.2 Å². The zero-order chi connectivity index (χ0) is 10.5. The molecule has 0 aromatic rings. The standard InChI is InChI=1S/C11H22OSi/c1-6-10(8-11(12)7-2)9-13(3,4)5/h11-12H,1,7-9H2,2-5H3. The van der Waals surface area contributed by atoms with Crippen LogP contribution in [0.5, 0.6) is 0 Å². The smallest absolute Gasteiger partial charge is 0.0580 e. The van der Waals surface area contributed by atoms with Gasteiger partial charge in [0.15, 0.2) is 0 Å². The van der Waals surface area contributed by atoms with E-state index in [4.69, 9.17) is 0 Å². The lowest BCUT2D eigenvalue weighted by Gasteiger charge is -2.18. The molecule has 76 valence electrons. The summed E-state index contributed by atoms with van der Waals surface area (Å²) in [5.74, 6) is 0. The first kappa shape index (κ1) is 12.7. The second-order valence-corrected chi connectivity index (χ2v) is 10.3. The number of hydrogen-bond acceptors (Lipinski definition) is 1. The van der Waals surface area contributed by atoms with E-state index in [9.17, 15) is 5.11 Å². The maximum Gasteiger partial charge on any atom is 0.0580 e. The van der Waals surface area contributed by atoms with Gasteiger partial charge in [-0.25, -0.2) is 0 Å². The molecule has 0 saturated heterocycles. The lowest BCUT2D eigenvalue weighted by molar-refractivity contribution is 0.170. The van der Waals surface area contributed by atoms with Crippen LogP contribution in [0.25, 0.3) is 0 Å². The van der Waals surface area contributed by atoms with Crippen molar-refractivity contribution in [3.05, 3.63) is 17.9 Å². The van der Waals surface area contributed by atoms with Gasteiger partial charge in [0.1, 0.15) is 0 Å². The summed E-state index contributed by atoms with van der Waals surface area (Å²) in [5, 5.41) is 9.48. The zero-order valence-electron chi connectivity index (χ0n) is 9.35. The van der Waals surface area contributed by atoms with Gasteiger partial charge in [-0.15, -0.1) is 5.73 Å². The quantitative estimate of drug-likeness (QED) is 0.531. The van der Waals surface area contributed by atoms with Crippen LogP contribution in [0.2, 0.25) is 25.7 Å². The highest BCUT2D eigenvalue weighted by Crippen LogP contribution is 2.19. The van der Waals surface area contributed by atoms with Gasteiger partial charge < -0.3 is 5.11 Å². The van der Waals surface area contributed by atoms with Crippen LogP contribution in [0.4, 0.5) is 0 Å². The minimum absolute atomic E-state index is 0.208. The van der Waals surface area contributed by atoms with E-state index in [0.717, 1.165) is 18.9 Å². The third-order valence-electron chi connectivity index (χ3n) is 1.95. The molecule has 0 amide bonds. The molecule has 2 heteroatoms. The monoisotopic (exact) mass is 198 g/mol. The van der Waals surface area contributed by atoms with Gasteiger partial charge in [0.25, 0.3) is 0 Å². The number of aliphatic hydroxyl groups is 1. The fourth-order valence-electron chi connectivity index (χ4n) is 1.28. The van der Waals surface area contributed by atoms with Gasteiger partial charge in [0.2, 0.25) is 0 Å². The Morgan fingerprint density at radius 2 is 2.00 bits per heavy atom. The van der Waals surface area contributed by atoms with Gasteiger partial charge in [0.05, 0.1) is 6.10 Å². The van der Waals surface area contributed by atoms with Crippen LogP contribution in [0.3, 0.4) is 0 Å². The minimum atomic E-state index is -1.07. The second-order valence-electron chi connectivity index (χ2n) is 4.78. The average molecular weight is 198 g/mol. The van der Waals surface area contributed by atoms with E-state index in [0.29, 0.717) is 0 Å². The third kappa shape index (κ3) is 6.82. The van der Waals surface area contributed by atoms with E-state index >= 15 is 0 Å². The van der Waals surface area contributed by atoms with Crippen molar-refractivity contribution in [1.29, 1.82) is 0 Å². The third-order valence-corrected chi connectivity index (χ3v) is 3.43. The molecule has 1 atom stereocenters. The predicted octanol–water partition coefficient (Wildman–Crippen LogP) is 3.20. The molecule has 0 aliphatic carbocycles. The molecule has 0 saturated carbocycles. The molecule has 0 aromatic heterocycles. The van der Waals surface area contributed by atoms with Gasteiger partial charge >= 0.3 is 0 Å². The lowest BCUT2D eigenvalue weighted by Crippen LogP contribution is -2.21. The number of rotatable bonds is 5. The first-order chi connectivity index (χ1) is 5.89. The fourth-order valence-corrected chi connectivity index (χ4v) is 2.83. The van der Waals surface area contributed by atoms with E-state index in [1.54, 1.807) is 0 Å². The molecule has 0 rings (SSSR count). The Bertz CT molecular complexity index is 197. The largest absolute Gasteiger partial charge is 0.393 e. The summed E-state index contributed by atoms with van der Waals surface area (Å²) in [4.78, 5) is 0. The number of aliphatic hydroxyl groups excluding tert-OH is 1. The Hall–Kier alpha value is -0.303. The molecule has 0 heterocycles. The first-order valence-electron chi connectivity index (χ1n) is 4.95. The van der Waals surface area contributed by atoms with Crippen LogP contribution in [0, 0.1) is 0 Å². The topological polar surface area (TPSA) is 20.2 Å². The van der Waals surface area contributed by atoms with E-state index in [1.165, 1.54) is 5.57 Å². The van der Waals surface area contributed by atoms with Crippen LogP contribution in [-0.2, 0) is 0 Å². The molecule has 1 N–H and O–H groups in total. The summed E-state index contributed by atoms with van der Waals surface area (Å²) < 4.78 is 0. The van der Waals surface area contributed by atoms with Gasteiger partial charge in [-0.3, -0.25) is 0 Å². The lowest BCUT2D eigenvalue weighted by atomic mass is 10.1. The highest BCUT2D eigenvalue weighted by molar-refractivity contribution is 6.76. The minimum Gasteiger partial charge on any atom is -0.393 e. The van der Waals surface area contributed by atoms with Crippen molar-refractivity contribution in [2.75, 3.05) is 0 Å². The molecule has 13 heavy (non-hydrogen) atoms.